The minimum Gasteiger partial charge on any atom is -0.395 e. The molecule has 1 nitrogen and oxygen atoms in total. The highest BCUT2D eigenvalue weighted by molar-refractivity contribution is 14.1. The fourth-order valence-electron chi connectivity index (χ4n) is 1.41. The van der Waals surface area contributed by atoms with Crippen LogP contribution in [0, 0.1) is 15.3 Å². The van der Waals surface area contributed by atoms with Gasteiger partial charge in [-0.3, -0.25) is 0 Å². The first kappa shape index (κ1) is 9.24. The summed E-state index contributed by atoms with van der Waals surface area (Å²) in [7, 11) is 0. The Kier molecular flexibility index (Phi) is 2.45. The summed E-state index contributed by atoms with van der Waals surface area (Å²) in [6, 6.07) is 3.55. The first-order chi connectivity index (χ1) is 6.16. The molecular weight excluding hydrogens is 280 g/mol. The van der Waals surface area contributed by atoms with Crippen LogP contribution >= 0.6 is 22.6 Å². The molecular formula is C10H11FIN. The van der Waals surface area contributed by atoms with E-state index in [0.29, 0.717) is 0 Å². The smallest absolute Gasteiger partial charge is 0.147 e. The molecule has 3 heteroatoms. The molecule has 0 aliphatic heterocycles. The lowest BCUT2D eigenvalue weighted by Crippen LogP contribution is -1.97. The molecule has 0 radical (unpaired) electrons. The molecule has 13 heavy (non-hydrogen) atoms. The van der Waals surface area contributed by atoms with E-state index in [0.717, 1.165) is 21.5 Å². The van der Waals surface area contributed by atoms with Crippen LogP contribution in [0.4, 0.5) is 10.1 Å². The van der Waals surface area contributed by atoms with Gasteiger partial charge in [0.25, 0.3) is 0 Å². The molecule has 0 bridgehead atoms. The van der Waals surface area contributed by atoms with E-state index in [9.17, 15) is 4.39 Å². The van der Waals surface area contributed by atoms with Crippen molar-refractivity contribution in [1.82, 2.24) is 0 Å². The number of hydrogen-bond acceptors (Lipinski definition) is 1. The second-order valence-electron chi connectivity index (χ2n) is 3.62. The van der Waals surface area contributed by atoms with Crippen molar-refractivity contribution < 1.29 is 4.39 Å². The van der Waals surface area contributed by atoms with E-state index in [1.807, 2.05) is 6.07 Å². The van der Waals surface area contributed by atoms with E-state index in [4.69, 9.17) is 5.73 Å². The summed E-state index contributed by atoms with van der Waals surface area (Å²) in [5.74, 6) is 0.515. The van der Waals surface area contributed by atoms with Crippen LogP contribution in [-0.2, 0) is 6.42 Å². The number of halogens is 2. The van der Waals surface area contributed by atoms with E-state index < -0.39 is 0 Å². The topological polar surface area (TPSA) is 26.0 Å². The zero-order chi connectivity index (χ0) is 9.42. The summed E-state index contributed by atoms with van der Waals surface area (Å²) in [6.45, 7) is 0. The molecule has 2 rings (SSSR count). The van der Waals surface area contributed by atoms with E-state index in [2.05, 4.69) is 22.6 Å². The van der Waals surface area contributed by atoms with Crippen LogP contribution in [0.3, 0.4) is 0 Å². The lowest BCUT2D eigenvalue weighted by Gasteiger charge is -2.04. The molecule has 0 unspecified atom stereocenters. The second kappa shape index (κ2) is 3.44. The highest BCUT2D eigenvalue weighted by Gasteiger charge is 2.22. The maximum Gasteiger partial charge on any atom is 0.147 e. The molecule has 0 amide bonds. The molecule has 0 saturated heterocycles. The quantitative estimate of drug-likeness (QED) is 0.658. The van der Waals surface area contributed by atoms with Crippen LogP contribution in [-0.4, -0.2) is 0 Å². The summed E-state index contributed by atoms with van der Waals surface area (Å²) < 4.78 is 14.0. The van der Waals surface area contributed by atoms with Crippen molar-refractivity contribution in [3.8, 4) is 0 Å². The van der Waals surface area contributed by atoms with Crippen molar-refractivity contribution in [1.29, 1.82) is 0 Å². The summed E-state index contributed by atoms with van der Waals surface area (Å²) in [6.07, 6.45) is 3.60. The lowest BCUT2D eigenvalue weighted by atomic mass is 10.1. The van der Waals surface area contributed by atoms with Crippen LogP contribution in [0.25, 0.3) is 0 Å². The van der Waals surface area contributed by atoms with Crippen molar-refractivity contribution in [2.24, 2.45) is 5.92 Å². The Morgan fingerprint density at radius 2 is 2.15 bits per heavy atom. The molecule has 0 heterocycles. The van der Waals surface area contributed by atoms with Gasteiger partial charge in [0.1, 0.15) is 5.82 Å². The van der Waals surface area contributed by atoms with Crippen LogP contribution in [0.2, 0.25) is 0 Å². The Morgan fingerprint density at radius 1 is 1.46 bits per heavy atom. The van der Waals surface area contributed by atoms with Crippen molar-refractivity contribution in [3.63, 3.8) is 0 Å². The zero-order valence-corrected chi connectivity index (χ0v) is 9.34. The third-order valence-electron chi connectivity index (χ3n) is 2.36. The van der Waals surface area contributed by atoms with E-state index in [1.54, 1.807) is 6.07 Å². The number of anilines is 1. The fourth-order valence-corrected chi connectivity index (χ4v) is 2.07. The summed E-state index contributed by atoms with van der Waals surface area (Å²) >= 11 is 2.08. The molecule has 70 valence electrons. The third kappa shape index (κ3) is 2.13. The van der Waals surface area contributed by atoms with Crippen LogP contribution in [0.15, 0.2) is 12.1 Å². The highest BCUT2D eigenvalue weighted by atomic mass is 127. The Balaban J connectivity index is 2.25. The van der Waals surface area contributed by atoms with Gasteiger partial charge < -0.3 is 5.73 Å². The van der Waals surface area contributed by atoms with Gasteiger partial charge in [-0.15, -0.1) is 0 Å². The molecule has 0 aromatic heterocycles. The highest BCUT2D eigenvalue weighted by Crippen LogP contribution is 2.33. The van der Waals surface area contributed by atoms with Gasteiger partial charge in [-0.25, -0.2) is 4.39 Å². The fraction of sp³-hybridized carbons (Fsp3) is 0.400. The van der Waals surface area contributed by atoms with Crippen LogP contribution in [0.5, 0.6) is 0 Å². The Morgan fingerprint density at radius 3 is 2.69 bits per heavy atom. The van der Waals surface area contributed by atoms with Gasteiger partial charge in [0.05, 0.1) is 5.69 Å². The first-order valence-corrected chi connectivity index (χ1v) is 5.48. The zero-order valence-electron chi connectivity index (χ0n) is 7.19. The van der Waals surface area contributed by atoms with Gasteiger partial charge >= 0.3 is 0 Å². The van der Waals surface area contributed by atoms with Crippen molar-refractivity contribution in [2.75, 3.05) is 5.73 Å². The second-order valence-corrected chi connectivity index (χ2v) is 4.78. The Labute approximate surface area is 90.7 Å². The summed E-state index contributed by atoms with van der Waals surface area (Å²) in [5, 5.41) is 0. The van der Waals surface area contributed by atoms with Gasteiger partial charge in [-0.2, -0.15) is 0 Å². The molecule has 1 aromatic rings. The number of nitrogens with two attached hydrogens (primary N) is 1. The SMILES string of the molecule is Nc1c(F)cc(CC2CC2)cc1I. The molecule has 1 saturated carbocycles. The molecule has 0 spiro atoms. The van der Waals surface area contributed by atoms with Gasteiger partial charge in [0, 0.05) is 3.57 Å². The molecule has 1 aliphatic rings. The average molecular weight is 291 g/mol. The average Bonchev–Trinajstić information content (AvgIpc) is 2.84. The Bertz CT molecular complexity index is 311. The standard InChI is InChI=1S/C10H11FIN/c11-8-4-7(3-6-1-2-6)5-9(12)10(8)13/h4-6H,1-3,13H2. The first-order valence-electron chi connectivity index (χ1n) is 4.40. The maximum atomic E-state index is 13.2. The maximum absolute atomic E-state index is 13.2. The van der Waals surface area contributed by atoms with Crippen LogP contribution in [0.1, 0.15) is 18.4 Å². The molecule has 2 N–H and O–H groups in total. The van der Waals surface area contributed by atoms with Crippen LogP contribution < -0.4 is 5.73 Å². The summed E-state index contributed by atoms with van der Waals surface area (Å²) in [4.78, 5) is 0. The van der Waals surface area contributed by atoms with Gasteiger partial charge in [-0.05, 0) is 65.5 Å². The number of benzene rings is 1. The largest absolute Gasteiger partial charge is 0.395 e. The van der Waals surface area contributed by atoms with Crippen molar-refractivity contribution in [3.05, 3.63) is 27.1 Å². The Hall–Kier alpha value is -0.320. The van der Waals surface area contributed by atoms with Gasteiger partial charge in [0.2, 0.25) is 0 Å². The van der Waals surface area contributed by atoms with E-state index in [-0.39, 0.29) is 11.5 Å². The minimum absolute atomic E-state index is 0.275. The molecule has 1 fully saturated rings. The predicted octanol–water partition coefficient (Wildman–Crippen LogP) is 2.97. The molecule has 1 aliphatic carbocycles. The van der Waals surface area contributed by atoms with E-state index in [1.165, 1.54) is 12.8 Å². The normalized spacial score (nSPS) is 16.2. The van der Waals surface area contributed by atoms with Gasteiger partial charge in [0.15, 0.2) is 0 Å². The van der Waals surface area contributed by atoms with Gasteiger partial charge in [-0.1, -0.05) is 0 Å². The van der Waals surface area contributed by atoms with Crippen molar-refractivity contribution >= 4 is 28.3 Å². The summed E-state index contributed by atoms with van der Waals surface area (Å²) in [5.41, 5.74) is 6.87. The lowest BCUT2D eigenvalue weighted by molar-refractivity contribution is 0.628. The van der Waals surface area contributed by atoms with E-state index >= 15 is 0 Å². The molecule has 1 aromatic carbocycles. The number of hydrogen-bond donors (Lipinski definition) is 1. The minimum atomic E-state index is -0.275. The number of nitrogen functional groups attached to an aromatic ring is 1. The van der Waals surface area contributed by atoms with Crippen molar-refractivity contribution in [2.45, 2.75) is 19.3 Å². The monoisotopic (exact) mass is 291 g/mol. The third-order valence-corrected chi connectivity index (χ3v) is 3.25. The number of rotatable bonds is 2. The predicted molar refractivity (Wildman–Crippen MR) is 60.0 cm³/mol. The molecule has 0 atom stereocenters.